The molecule has 2 aromatic rings. The van der Waals surface area contributed by atoms with E-state index < -0.39 is 0 Å². The summed E-state index contributed by atoms with van der Waals surface area (Å²) in [5, 5.41) is 15.1. The molecule has 0 radical (unpaired) electrons. The molecule has 1 unspecified atom stereocenters. The van der Waals surface area contributed by atoms with Crippen molar-refractivity contribution >= 4 is 39.0 Å². The van der Waals surface area contributed by atoms with Gasteiger partial charge in [-0.2, -0.15) is 0 Å². The first-order chi connectivity index (χ1) is 11.3. The van der Waals surface area contributed by atoms with E-state index in [1.165, 1.54) is 0 Å². The van der Waals surface area contributed by atoms with E-state index in [1.807, 2.05) is 26.0 Å². The summed E-state index contributed by atoms with van der Waals surface area (Å²) in [6.07, 6.45) is 5.11. The molecule has 0 amide bonds. The van der Waals surface area contributed by atoms with Crippen molar-refractivity contribution in [3.63, 3.8) is 0 Å². The van der Waals surface area contributed by atoms with Crippen molar-refractivity contribution in [2.75, 3.05) is 6.61 Å². The average Bonchev–Trinajstić information content (AvgIpc) is 2.55. The van der Waals surface area contributed by atoms with E-state index >= 15 is 0 Å². The van der Waals surface area contributed by atoms with Gasteiger partial charge in [-0.15, -0.1) is 0 Å². The number of fused-ring (bicyclic) bond motifs is 2. The predicted octanol–water partition coefficient (Wildman–Crippen LogP) is 1.75. The molecule has 1 aromatic heterocycles. The quantitative estimate of drug-likeness (QED) is 0.744. The highest BCUT2D eigenvalue weighted by Gasteiger charge is 2.16. The lowest BCUT2D eigenvalue weighted by molar-refractivity contribution is 0.187. The van der Waals surface area contributed by atoms with Crippen molar-refractivity contribution in [3.05, 3.63) is 43.0 Å². The maximum atomic E-state index is 12.8. The molecule has 1 aliphatic rings. The fourth-order valence-electron chi connectivity index (χ4n) is 2.90. The molecule has 0 aliphatic heterocycles. The minimum atomic E-state index is -0.351. The Labute approximate surface area is 149 Å². The van der Waals surface area contributed by atoms with Crippen molar-refractivity contribution in [1.82, 2.24) is 10.3 Å². The summed E-state index contributed by atoms with van der Waals surface area (Å²) >= 11 is 3.58. The van der Waals surface area contributed by atoms with Gasteiger partial charge >= 0.3 is 0 Å². The van der Waals surface area contributed by atoms with E-state index in [1.54, 1.807) is 0 Å². The third-order valence-corrected chi connectivity index (χ3v) is 5.27. The van der Waals surface area contributed by atoms with Crippen LogP contribution < -0.4 is 21.3 Å². The minimum Gasteiger partial charge on any atom is -0.394 e. The minimum absolute atomic E-state index is 0.0610. The summed E-state index contributed by atoms with van der Waals surface area (Å²) in [6.45, 7) is 6.69. The molecular formula is C19H23BrN2O2. The van der Waals surface area contributed by atoms with Crippen LogP contribution in [0.15, 0.2) is 21.4 Å². The number of hydrogen-bond acceptors (Lipinski definition) is 3. The van der Waals surface area contributed by atoms with E-state index in [4.69, 9.17) is 0 Å². The lowest BCUT2D eigenvalue weighted by Crippen LogP contribution is -2.43. The summed E-state index contributed by atoms with van der Waals surface area (Å²) in [7, 11) is 0. The second-order valence-electron chi connectivity index (χ2n) is 7.25. The second kappa shape index (κ2) is 6.47. The molecule has 1 heterocycles. The number of rotatable bonds is 4. The van der Waals surface area contributed by atoms with E-state index in [-0.39, 0.29) is 17.6 Å². The third-order valence-electron chi connectivity index (χ3n) is 4.53. The average molecular weight is 391 g/mol. The van der Waals surface area contributed by atoms with Gasteiger partial charge in [0.05, 0.1) is 12.1 Å². The lowest BCUT2D eigenvalue weighted by Gasteiger charge is -2.24. The Morgan fingerprint density at radius 1 is 1.42 bits per heavy atom. The first-order valence-corrected chi connectivity index (χ1v) is 9.02. The van der Waals surface area contributed by atoms with Crippen molar-refractivity contribution in [3.8, 4) is 0 Å². The normalized spacial score (nSPS) is 17.3. The summed E-state index contributed by atoms with van der Waals surface area (Å²) in [6, 6.07) is 3.90. The second-order valence-corrected chi connectivity index (χ2v) is 8.10. The highest BCUT2D eigenvalue weighted by Crippen LogP contribution is 2.21. The van der Waals surface area contributed by atoms with Crippen LogP contribution >= 0.6 is 15.9 Å². The summed E-state index contributed by atoms with van der Waals surface area (Å²) < 4.78 is 0.898. The Balaban J connectivity index is 2.11. The number of aromatic amines is 1. The largest absolute Gasteiger partial charge is 0.394 e. The molecule has 1 atom stereocenters. The van der Waals surface area contributed by atoms with Gasteiger partial charge in [-0.05, 0) is 43.9 Å². The Morgan fingerprint density at radius 3 is 2.88 bits per heavy atom. The van der Waals surface area contributed by atoms with Gasteiger partial charge in [0.25, 0.3) is 0 Å². The van der Waals surface area contributed by atoms with Crippen molar-refractivity contribution in [2.45, 2.75) is 39.3 Å². The molecule has 1 aliphatic carbocycles. The number of hydrogen-bond donors (Lipinski definition) is 3. The van der Waals surface area contributed by atoms with Gasteiger partial charge in [0, 0.05) is 32.5 Å². The molecule has 5 heteroatoms. The maximum Gasteiger partial charge on any atom is 0.196 e. The molecule has 1 aromatic carbocycles. The van der Waals surface area contributed by atoms with Gasteiger partial charge in [-0.3, -0.25) is 4.79 Å². The van der Waals surface area contributed by atoms with E-state index in [0.717, 1.165) is 32.5 Å². The fraction of sp³-hybridized carbons (Fsp3) is 0.421. The smallest absolute Gasteiger partial charge is 0.196 e. The van der Waals surface area contributed by atoms with Crippen LogP contribution in [-0.2, 0) is 6.54 Å². The number of nitrogens with one attached hydrogen (secondary N) is 2. The number of aliphatic hydroxyl groups is 1. The molecular weight excluding hydrogens is 368 g/mol. The molecule has 3 rings (SSSR count). The number of H-pyrrole nitrogens is 1. The zero-order chi connectivity index (χ0) is 17.5. The first kappa shape index (κ1) is 17.4. The molecule has 0 spiro atoms. The van der Waals surface area contributed by atoms with Gasteiger partial charge in [-0.1, -0.05) is 35.0 Å². The molecule has 128 valence electrons. The highest BCUT2D eigenvalue weighted by molar-refractivity contribution is 9.10. The van der Waals surface area contributed by atoms with Crippen molar-refractivity contribution in [2.24, 2.45) is 5.92 Å². The van der Waals surface area contributed by atoms with Crippen LogP contribution in [0.3, 0.4) is 0 Å². The monoisotopic (exact) mass is 390 g/mol. The van der Waals surface area contributed by atoms with Gasteiger partial charge < -0.3 is 15.4 Å². The standard InChI is InChI=1S/C19H23BrN2O2/c1-11-4-5-16-13(6-11)18(24)14-8-15(20)12(7-17(14)22-16)9-21-19(2,3)10-23/h5-8,11,21-23H,4,9-10H2,1-3H3. The van der Waals surface area contributed by atoms with Crippen LogP contribution in [0.2, 0.25) is 0 Å². The van der Waals surface area contributed by atoms with E-state index in [0.29, 0.717) is 17.8 Å². The van der Waals surface area contributed by atoms with Crippen LogP contribution in [0.1, 0.15) is 32.8 Å². The highest BCUT2D eigenvalue weighted by atomic mass is 79.9. The predicted molar refractivity (Wildman–Crippen MR) is 102 cm³/mol. The number of aliphatic hydroxyl groups excluding tert-OH is 1. The zero-order valence-corrected chi connectivity index (χ0v) is 15.8. The number of halogens is 1. The van der Waals surface area contributed by atoms with Crippen molar-refractivity contribution < 1.29 is 5.11 Å². The zero-order valence-electron chi connectivity index (χ0n) is 14.2. The van der Waals surface area contributed by atoms with Gasteiger partial charge in [-0.25, -0.2) is 0 Å². The molecule has 0 saturated heterocycles. The molecule has 3 N–H and O–H groups in total. The Hall–Kier alpha value is -1.43. The van der Waals surface area contributed by atoms with Crippen LogP contribution in [0.5, 0.6) is 0 Å². The maximum absolute atomic E-state index is 12.8. The van der Waals surface area contributed by atoms with Crippen LogP contribution in [0.4, 0.5) is 0 Å². The summed E-state index contributed by atoms with van der Waals surface area (Å²) in [4.78, 5) is 16.2. The van der Waals surface area contributed by atoms with E-state index in [9.17, 15) is 9.90 Å². The van der Waals surface area contributed by atoms with Crippen LogP contribution in [-0.4, -0.2) is 22.2 Å². The lowest BCUT2D eigenvalue weighted by atomic mass is 10.00. The van der Waals surface area contributed by atoms with E-state index in [2.05, 4.69) is 45.3 Å². The number of benzene rings is 1. The SMILES string of the molecule is CC1C=c2c([nH]c3cc(CNC(C)(C)CO)c(Br)cc3c2=O)=CC1. The molecule has 24 heavy (non-hydrogen) atoms. The van der Waals surface area contributed by atoms with Crippen LogP contribution in [0, 0.1) is 5.92 Å². The topological polar surface area (TPSA) is 65.1 Å². The van der Waals surface area contributed by atoms with Crippen molar-refractivity contribution in [1.29, 1.82) is 0 Å². The summed E-state index contributed by atoms with van der Waals surface area (Å²) in [5.41, 5.74) is 1.63. The fourth-order valence-corrected chi connectivity index (χ4v) is 3.38. The van der Waals surface area contributed by atoms with Gasteiger partial charge in [0.1, 0.15) is 0 Å². The molecule has 4 nitrogen and oxygen atoms in total. The molecule has 0 bridgehead atoms. The first-order valence-electron chi connectivity index (χ1n) is 8.23. The number of pyridine rings is 1. The Morgan fingerprint density at radius 2 is 2.17 bits per heavy atom. The molecule has 0 fully saturated rings. The van der Waals surface area contributed by atoms with Gasteiger partial charge in [0.15, 0.2) is 5.43 Å². The van der Waals surface area contributed by atoms with Gasteiger partial charge in [0.2, 0.25) is 0 Å². The summed E-state index contributed by atoms with van der Waals surface area (Å²) in [5.74, 6) is 0.392. The third kappa shape index (κ3) is 3.34. The molecule has 0 saturated carbocycles. The Kier molecular flexibility index (Phi) is 4.69. The number of aromatic nitrogens is 1. The van der Waals surface area contributed by atoms with Crippen LogP contribution in [0.25, 0.3) is 23.1 Å². The Bertz CT molecular complexity index is 960.